The van der Waals surface area contributed by atoms with Gasteiger partial charge in [-0.05, 0) is 39.1 Å². The fraction of sp³-hybridized carbons (Fsp3) is 0.500. The van der Waals surface area contributed by atoms with Crippen LogP contribution < -0.4 is 5.32 Å². The Morgan fingerprint density at radius 2 is 2.16 bits per heavy atom. The predicted molar refractivity (Wildman–Crippen MR) is 81.2 cm³/mol. The van der Waals surface area contributed by atoms with E-state index in [4.69, 9.17) is 0 Å². The third-order valence-electron chi connectivity index (χ3n) is 2.49. The molecule has 0 fully saturated rings. The molecule has 1 amide bonds. The van der Waals surface area contributed by atoms with Crippen molar-refractivity contribution >= 4 is 27.5 Å². The highest BCUT2D eigenvalue weighted by atomic mass is 79.9. The second-order valence-corrected chi connectivity index (χ2v) is 6.27. The van der Waals surface area contributed by atoms with Crippen LogP contribution in [0.25, 0.3) is 0 Å². The largest absolute Gasteiger partial charge is 0.389 e. The lowest BCUT2D eigenvalue weighted by atomic mass is 10.1. The second-order valence-electron chi connectivity index (χ2n) is 5.36. The van der Waals surface area contributed by atoms with Crippen molar-refractivity contribution in [2.24, 2.45) is 0 Å². The Balaban J connectivity index is 2.36. The van der Waals surface area contributed by atoms with Gasteiger partial charge in [0.15, 0.2) is 0 Å². The number of nitrogens with zero attached hydrogens (tertiary/aromatic N) is 1. The second kappa shape index (κ2) is 7.03. The zero-order chi connectivity index (χ0) is 14.5. The number of hydrogen-bond donors (Lipinski definition) is 2. The zero-order valence-electron chi connectivity index (χ0n) is 11.6. The summed E-state index contributed by atoms with van der Waals surface area (Å²) in [5.41, 5.74) is 0.0414. The first kappa shape index (κ1) is 16.1. The van der Waals surface area contributed by atoms with E-state index in [0.717, 1.165) is 10.2 Å². The third kappa shape index (κ3) is 7.30. The Hall–Kier alpha value is -0.910. The average Bonchev–Trinajstić information content (AvgIpc) is 2.24. The molecule has 4 nitrogen and oxygen atoms in total. The molecule has 0 aromatic heterocycles. The fourth-order valence-electron chi connectivity index (χ4n) is 1.82. The standard InChI is InChI=1S/C14H21BrN2O2/c1-14(2,19)10-17(3)8-7-13(18)16-12-6-4-5-11(15)9-12/h4-6,9,19H,7-8,10H2,1-3H3,(H,16,18). The van der Waals surface area contributed by atoms with Crippen LogP contribution in [0.4, 0.5) is 5.69 Å². The van der Waals surface area contributed by atoms with Crippen LogP contribution in [0.15, 0.2) is 28.7 Å². The van der Waals surface area contributed by atoms with Crippen molar-refractivity contribution in [3.8, 4) is 0 Å². The van der Waals surface area contributed by atoms with Gasteiger partial charge in [-0.1, -0.05) is 22.0 Å². The zero-order valence-corrected chi connectivity index (χ0v) is 13.2. The van der Waals surface area contributed by atoms with E-state index in [1.807, 2.05) is 36.2 Å². The van der Waals surface area contributed by atoms with E-state index < -0.39 is 5.60 Å². The van der Waals surface area contributed by atoms with Crippen LogP contribution in [-0.4, -0.2) is 41.7 Å². The number of halogens is 1. The van der Waals surface area contributed by atoms with E-state index in [2.05, 4.69) is 21.2 Å². The number of nitrogens with one attached hydrogen (secondary N) is 1. The molecule has 1 aromatic carbocycles. The van der Waals surface area contributed by atoms with Gasteiger partial charge in [0.2, 0.25) is 5.91 Å². The molecule has 0 heterocycles. The van der Waals surface area contributed by atoms with Crippen molar-refractivity contribution in [2.75, 3.05) is 25.5 Å². The van der Waals surface area contributed by atoms with Crippen molar-refractivity contribution < 1.29 is 9.90 Å². The summed E-state index contributed by atoms with van der Waals surface area (Å²) in [6, 6.07) is 7.49. The summed E-state index contributed by atoms with van der Waals surface area (Å²) in [7, 11) is 1.89. The van der Waals surface area contributed by atoms with Gasteiger partial charge in [0.05, 0.1) is 5.60 Å². The minimum Gasteiger partial charge on any atom is -0.389 e. The van der Waals surface area contributed by atoms with Gasteiger partial charge >= 0.3 is 0 Å². The summed E-state index contributed by atoms with van der Waals surface area (Å²) in [6.45, 7) is 4.66. The van der Waals surface area contributed by atoms with Crippen LogP contribution in [0.5, 0.6) is 0 Å². The maximum atomic E-state index is 11.8. The smallest absolute Gasteiger partial charge is 0.225 e. The Kier molecular flexibility index (Phi) is 5.97. The van der Waals surface area contributed by atoms with Crippen LogP contribution >= 0.6 is 15.9 Å². The molecular weight excluding hydrogens is 308 g/mol. The van der Waals surface area contributed by atoms with Gasteiger partial charge in [-0.25, -0.2) is 0 Å². The lowest BCUT2D eigenvalue weighted by molar-refractivity contribution is -0.116. The summed E-state index contributed by atoms with van der Waals surface area (Å²) in [5.74, 6) is -0.0271. The first-order valence-electron chi connectivity index (χ1n) is 6.22. The lowest BCUT2D eigenvalue weighted by Gasteiger charge is -2.25. The van der Waals surface area contributed by atoms with Gasteiger partial charge in [0, 0.05) is 29.7 Å². The minimum atomic E-state index is -0.741. The molecule has 19 heavy (non-hydrogen) atoms. The minimum absolute atomic E-state index is 0.0271. The highest BCUT2D eigenvalue weighted by Gasteiger charge is 2.16. The molecule has 0 saturated carbocycles. The highest BCUT2D eigenvalue weighted by molar-refractivity contribution is 9.10. The number of carbonyl (C=O) groups excluding carboxylic acids is 1. The molecule has 0 aliphatic rings. The average molecular weight is 329 g/mol. The van der Waals surface area contributed by atoms with Crippen LogP contribution in [0.2, 0.25) is 0 Å². The van der Waals surface area contributed by atoms with Gasteiger partial charge in [-0.15, -0.1) is 0 Å². The monoisotopic (exact) mass is 328 g/mol. The molecule has 0 bridgehead atoms. The molecule has 0 atom stereocenters. The Labute approximate surface area is 122 Å². The molecule has 0 aliphatic heterocycles. The van der Waals surface area contributed by atoms with E-state index in [1.165, 1.54) is 0 Å². The molecule has 1 rings (SSSR count). The Morgan fingerprint density at radius 3 is 2.74 bits per heavy atom. The number of anilines is 1. The summed E-state index contributed by atoms with van der Waals surface area (Å²) >= 11 is 3.36. The number of likely N-dealkylation sites (N-methyl/N-ethyl adjacent to an activating group) is 1. The lowest BCUT2D eigenvalue weighted by Crippen LogP contribution is -2.37. The van der Waals surface area contributed by atoms with Crippen LogP contribution in [0.1, 0.15) is 20.3 Å². The van der Waals surface area contributed by atoms with Crippen LogP contribution in [0, 0.1) is 0 Å². The van der Waals surface area contributed by atoms with E-state index >= 15 is 0 Å². The molecule has 2 N–H and O–H groups in total. The van der Waals surface area contributed by atoms with Crippen LogP contribution in [0.3, 0.4) is 0 Å². The quantitative estimate of drug-likeness (QED) is 0.843. The summed E-state index contributed by atoms with van der Waals surface area (Å²) in [4.78, 5) is 13.7. The van der Waals surface area contributed by atoms with Crippen molar-refractivity contribution in [3.05, 3.63) is 28.7 Å². The molecule has 0 radical (unpaired) electrons. The van der Waals surface area contributed by atoms with Gasteiger partial charge in [0.25, 0.3) is 0 Å². The third-order valence-corrected chi connectivity index (χ3v) is 2.98. The summed E-state index contributed by atoms with van der Waals surface area (Å²) in [6.07, 6.45) is 0.402. The van der Waals surface area contributed by atoms with E-state index in [0.29, 0.717) is 19.5 Å². The number of amides is 1. The molecule has 106 valence electrons. The molecular formula is C14H21BrN2O2. The van der Waals surface area contributed by atoms with Gasteiger partial charge in [-0.2, -0.15) is 0 Å². The molecule has 0 saturated heterocycles. The van der Waals surface area contributed by atoms with Gasteiger partial charge in [0.1, 0.15) is 0 Å². The number of aliphatic hydroxyl groups is 1. The SMILES string of the molecule is CN(CCC(=O)Nc1cccc(Br)c1)CC(C)(C)O. The Morgan fingerprint density at radius 1 is 1.47 bits per heavy atom. The molecule has 0 spiro atoms. The maximum absolute atomic E-state index is 11.8. The van der Waals surface area contributed by atoms with E-state index in [1.54, 1.807) is 13.8 Å². The fourth-order valence-corrected chi connectivity index (χ4v) is 2.22. The van der Waals surface area contributed by atoms with Crippen molar-refractivity contribution in [2.45, 2.75) is 25.9 Å². The van der Waals surface area contributed by atoms with E-state index in [-0.39, 0.29) is 5.91 Å². The summed E-state index contributed by atoms with van der Waals surface area (Å²) in [5, 5.41) is 12.5. The number of benzene rings is 1. The molecule has 5 heteroatoms. The van der Waals surface area contributed by atoms with Crippen molar-refractivity contribution in [3.63, 3.8) is 0 Å². The van der Waals surface area contributed by atoms with E-state index in [9.17, 15) is 9.90 Å². The predicted octanol–water partition coefficient (Wildman–Crippen LogP) is 2.48. The normalized spacial score (nSPS) is 11.7. The maximum Gasteiger partial charge on any atom is 0.225 e. The van der Waals surface area contributed by atoms with Crippen LogP contribution in [-0.2, 0) is 4.79 Å². The number of carbonyl (C=O) groups is 1. The molecule has 1 aromatic rings. The number of hydrogen-bond acceptors (Lipinski definition) is 3. The first-order valence-corrected chi connectivity index (χ1v) is 7.02. The number of rotatable bonds is 6. The van der Waals surface area contributed by atoms with Gasteiger partial charge < -0.3 is 15.3 Å². The molecule has 0 unspecified atom stereocenters. The first-order chi connectivity index (χ1) is 8.76. The van der Waals surface area contributed by atoms with Gasteiger partial charge in [-0.3, -0.25) is 4.79 Å². The van der Waals surface area contributed by atoms with Crippen molar-refractivity contribution in [1.82, 2.24) is 4.90 Å². The molecule has 0 aliphatic carbocycles. The highest BCUT2D eigenvalue weighted by Crippen LogP contribution is 2.15. The summed E-state index contributed by atoms with van der Waals surface area (Å²) < 4.78 is 0.935. The van der Waals surface area contributed by atoms with Crippen molar-refractivity contribution in [1.29, 1.82) is 0 Å². The topological polar surface area (TPSA) is 52.6 Å². The Bertz CT molecular complexity index is 430.